The number of aromatic amines is 1. The number of hydrogen-bond acceptors (Lipinski definition) is 2. The van der Waals surface area contributed by atoms with Gasteiger partial charge in [0.25, 0.3) is 0 Å². The van der Waals surface area contributed by atoms with Crippen LogP contribution in [0.2, 0.25) is 0 Å². The second kappa shape index (κ2) is 3.28. The Hall–Kier alpha value is -1.48. The predicted molar refractivity (Wildman–Crippen MR) is 60.0 cm³/mol. The van der Waals surface area contributed by atoms with Gasteiger partial charge in [0, 0.05) is 24.7 Å². The Balaban J connectivity index is 2.27. The highest BCUT2D eigenvalue weighted by Crippen LogP contribution is 2.32. The molecule has 1 aromatic heterocycles. The summed E-state index contributed by atoms with van der Waals surface area (Å²) in [5.74, 6) is 0.962. The first-order valence-electron chi connectivity index (χ1n) is 5.35. The van der Waals surface area contributed by atoms with Crippen LogP contribution in [-0.2, 0) is 13.1 Å². The van der Waals surface area contributed by atoms with Crippen molar-refractivity contribution >= 4 is 10.9 Å². The van der Waals surface area contributed by atoms with Gasteiger partial charge in [-0.25, -0.2) is 0 Å². The smallest absolute Gasteiger partial charge is 0.143 e. The van der Waals surface area contributed by atoms with Crippen molar-refractivity contribution in [3.8, 4) is 5.75 Å². The summed E-state index contributed by atoms with van der Waals surface area (Å²) in [6.45, 7) is 4.62. The molecule has 0 amide bonds. The van der Waals surface area contributed by atoms with Crippen LogP contribution >= 0.6 is 0 Å². The first-order valence-corrected chi connectivity index (χ1v) is 5.35. The maximum atomic E-state index is 5.60. The molecule has 15 heavy (non-hydrogen) atoms. The first kappa shape index (κ1) is 8.80. The maximum absolute atomic E-state index is 5.60. The first-order chi connectivity index (χ1) is 7.40. The molecule has 2 aromatic rings. The van der Waals surface area contributed by atoms with E-state index in [0.717, 1.165) is 24.4 Å². The minimum atomic E-state index is 0.709. The molecule has 0 fully saturated rings. The van der Waals surface area contributed by atoms with Crippen LogP contribution in [0.1, 0.15) is 18.1 Å². The Morgan fingerprint density at radius 1 is 1.27 bits per heavy atom. The van der Waals surface area contributed by atoms with E-state index in [2.05, 4.69) is 28.6 Å². The third kappa shape index (κ3) is 1.23. The maximum Gasteiger partial charge on any atom is 0.143 e. The Labute approximate surface area is 88.4 Å². The molecule has 0 unspecified atom stereocenters. The van der Waals surface area contributed by atoms with Crippen LogP contribution in [-0.4, -0.2) is 11.6 Å². The SMILES string of the molecule is CCOc1ccc2c3c(c[nH]c13)CNC2. The normalized spacial score (nSPS) is 14.5. The number of nitrogens with one attached hydrogen (secondary N) is 2. The van der Waals surface area contributed by atoms with Gasteiger partial charge in [0.05, 0.1) is 12.1 Å². The van der Waals surface area contributed by atoms with Gasteiger partial charge < -0.3 is 15.0 Å². The number of ether oxygens (including phenoxy) is 1. The Morgan fingerprint density at radius 3 is 3.00 bits per heavy atom. The highest BCUT2D eigenvalue weighted by atomic mass is 16.5. The summed E-state index contributed by atoms with van der Waals surface area (Å²) in [6.07, 6.45) is 2.07. The van der Waals surface area contributed by atoms with Crippen molar-refractivity contribution in [2.45, 2.75) is 20.0 Å². The van der Waals surface area contributed by atoms with E-state index in [-0.39, 0.29) is 0 Å². The largest absolute Gasteiger partial charge is 0.492 e. The fourth-order valence-corrected chi connectivity index (χ4v) is 2.26. The third-order valence-electron chi connectivity index (χ3n) is 2.90. The van der Waals surface area contributed by atoms with E-state index < -0.39 is 0 Å². The zero-order chi connectivity index (χ0) is 10.3. The molecular formula is C12H14N2O. The molecule has 2 heterocycles. The Kier molecular flexibility index (Phi) is 1.92. The lowest BCUT2D eigenvalue weighted by Crippen LogP contribution is -2.17. The minimum Gasteiger partial charge on any atom is -0.492 e. The second-order valence-electron chi connectivity index (χ2n) is 3.82. The molecule has 3 nitrogen and oxygen atoms in total. The van der Waals surface area contributed by atoms with Gasteiger partial charge >= 0.3 is 0 Å². The molecule has 0 atom stereocenters. The molecule has 0 saturated carbocycles. The predicted octanol–water partition coefficient (Wildman–Crippen LogP) is 2.17. The monoisotopic (exact) mass is 202 g/mol. The van der Waals surface area contributed by atoms with Gasteiger partial charge in [-0.3, -0.25) is 0 Å². The zero-order valence-electron chi connectivity index (χ0n) is 8.76. The molecule has 3 heteroatoms. The van der Waals surface area contributed by atoms with E-state index in [1.165, 1.54) is 16.5 Å². The Morgan fingerprint density at radius 2 is 2.13 bits per heavy atom. The molecule has 2 N–H and O–H groups in total. The van der Waals surface area contributed by atoms with Crippen LogP contribution in [0, 0.1) is 0 Å². The van der Waals surface area contributed by atoms with Gasteiger partial charge in [-0.2, -0.15) is 0 Å². The molecule has 1 aliphatic heterocycles. The average molecular weight is 202 g/mol. The molecule has 0 radical (unpaired) electrons. The number of hydrogen-bond donors (Lipinski definition) is 2. The van der Waals surface area contributed by atoms with E-state index in [4.69, 9.17) is 4.74 Å². The molecule has 0 aliphatic carbocycles. The van der Waals surface area contributed by atoms with Gasteiger partial charge in [0.2, 0.25) is 0 Å². The summed E-state index contributed by atoms with van der Waals surface area (Å²) < 4.78 is 5.60. The van der Waals surface area contributed by atoms with E-state index in [1.807, 2.05) is 6.92 Å². The van der Waals surface area contributed by atoms with E-state index >= 15 is 0 Å². The standard InChI is InChI=1S/C12H14N2O/c1-2-15-10-4-3-8-5-13-6-9-7-14-12(10)11(8)9/h3-4,7,13-14H,2,5-6H2,1H3. The quantitative estimate of drug-likeness (QED) is 0.783. The number of rotatable bonds is 2. The van der Waals surface area contributed by atoms with Gasteiger partial charge in [0.1, 0.15) is 5.75 Å². The summed E-state index contributed by atoms with van der Waals surface area (Å²) in [5.41, 5.74) is 3.84. The fourth-order valence-electron chi connectivity index (χ4n) is 2.26. The van der Waals surface area contributed by atoms with Crippen molar-refractivity contribution in [2.75, 3.05) is 6.61 Å². The van der Waals surface area contributed by atoms with E-state index in [1.54, 1.807) is 0 Å². The molecule has 78 valence electrons. The third-order valence-corrected chi connectivity index (χ3v) is 2.90. The minimum absolute atomic E-state index is 0.709. The second-order valence-corrected chi connectivity index (χ2v) is 3.82. The molecular weight excluding hydrogens is 188 g/mol. The van der Waals surface area contributed by atoms with Crippen LogP contribution in [0.4, 0.5) is 0 Å². The van der Waals surface area contributed by atoms with Crippen LogP contribution < -0.4 is 10.1 Å². The lowest BCUT2D eigenvalue weighted by Gasteiger charge is -2.15. The number of benzene rings is 1. The summed E-state index contributed by atoms with van der Waals surface area (Å²) in [6, 6.07) is 4.20. The van der Waals surface area contributed by atoms with Crippen molar-refractivity contribution in [1.29, 1.82) is 0 Å². The lowest BCUT2D eigenvalue weighted by molar-refractivity contribution is 0.343. The fraction of sp³-hybridized carbons (Fsp3) is 0.333. The van der Waals surface area contributed by atoms with Crippen molar-refractivity contribution in [1.82, 2.24) is 10.3 Å². The van der Waals surface area contributed by atoms with Gasteiger partial charge in [-0.15, -0.1) is 0 Å². The molecule has 0 spiro atoms. The summed E-state index contributed by atoms with van der Waals surface area (Å²) >= 11 is 0. The highest BCUT2D eigenvalue weighted by Gasteiger charge is 2.15. The highest BCUT2D eigenvalue weighted by molar-refractivity contribution is 5.91. The van der Waals surface area contributed by atoms with Gasteiger partial charge in [0.15, 0.2) is 0 Å². The number of H-pyrrole nitrogens is 1. The topological polar surface area (TPSA) is 37.0 Å². The van der Waals surface area contributed by atoms with E-state index in [0.29, 0.717) is 6.61 Å². The van der Waals surface area contributed by atoms with Crippen LogP contribution in [0.3, 0.4) is 0 Å². The summed E-state index contributed by atoms with van der Waals surface area (Å²) in [5, 5.41) is 4.72. The lowest BCUT2D eigenvalue weighted by atomic mass is 10.0. The van der Waals surface area contributed by atoms with Gasteiger partial charge in [-0.05, 0) is 24.1 Å². The van der Waals surface area contributed by atoms with Crippen molar-refractivity contribution in [3.63, 3.8) is 0 Å². The van der Waals surface area contributed by atoms with Gasteiger partial charge in [-0.1, -0.05) is 6.07 Å². The molecule has 1 aromatic carbocycles. The summed E-state index contributed by atoms with van der Waals surface area (Å²) in [4.78, 5) is 3.31. The number of aromatic nitrogens is 1. The molecule has 3 rings (SSSR count). The summed E-state index contributed by atoms with van der Waals surface area (Å²) in [7, 11) is 0. The van der Waals surface area contributed by atoms with Crippen molar-refractivity contribution in [2.24, 2.45) is 0 Å². The van der Waals surface area contributed by atoms with Crippen molar-refractivity contribution in [3.05, 3.63) is 29.5 Å². The molecule has 1 aliphatic rings. The average Bonchev–Trinajstić information content (AvgIpc) is 2.69. The molecule has 0 bridgehead atoms. The van der Waals surface area contributed by atoms with Crippen LogP contribution in [0.5, 0.6) is 5.75 Å². The van der Waals surface area contributed by atoms with Crippen LogP contribution in [0.15, 0.2) is 18.3 Å². The Bertz CT molecular complexity index is 502. The zero-order valence-corrected chi connectivity index (χ0v) is 8.76. The van der Waals surface area contributed by atoms with Crippen LogP contribution in [0.25, 0.3) is 10.9 Å². The molecule has 0 saturated heterocycles. The van der Waals surface area contributed by atoms with E-state index in [9.17, 15) is 0 Å². The van der Waals surface area contributed by atoms with Crippen molar-refractivity contribution < 1.29 is 4.74 Å².